The van der Waals surface area contributed by atoms with E-state index in [1.807, 2.05) is 24.4 Å². The molecular formula is C18H17N3O3S3. The van der Waals surface area contributed by atoms with E-state index < -0.39 is 10.0 Å². The number of nitrogens with zero attached hydrogens (tertiary/aromatic N) is 2. The van der Waals surface area contributed by atoms with Crippen LogP contribution in [0.1, 0.15) is 20.9 Å². The second-order valence-corrected chi connectivity index (χ2v) is 9.95. The average Bonchev–Trinajstić information content (AvgIpc) is 3.39. The van der Waals surface area contributed by atoms with Crippen LogP contribution in [0.15, 0.2) is 40.6 Å². The normalized spacial score (nSPS) is 13.8. The zero-order chi connectivity index (χ0) is 19.2. The summed E-state index contributed by atoms with van der Waals surface area (Å²) in [6, 6.07) is 8.84. The monoisotopic (exact) mass is 419 g/mol. The number of hydrogen-bond acceptors (Lipinski definition) is 6. The molecule has 0 unspecified atom stereocenters. The van der Waals surface area contributed by atoms with Crippen molar-refractivity contribution < 1.29 is 13.2 Å². The second kappa shape index (κ2) is 6.83. The number of aryl methyl sites for hydroxylation is 1. The van der Waals surface area contributed by atoms with Crippen LogP contribution in [0.2, 0.25) is 0 Å². The van der Waals surface area contributed by atoms with E-state index in [1.165, 1.54) is 24.5 Å². The van der Waals surface area contributed by atoms with E-state index in [0.717, 1.165) is 26.8 Å². The Morgan fingerprint density at radius 3 is 2.81 bits per heavy atom. The Kier molecular flexibility index (Phi) is 4.63. The summed E-state index contributed by atoms with van der Waals surface area (Å²) in [5.41, 5.74) is 2.34. The van der Waals surface area contributed by atoms with Gasteiger partial charge >= 0.3 is 0 Å². The van der Waals surface area contributed by atoms with E-state index in [0.29, 0.717) is 17.8 Å². The molecule has 0 atom stereocenters. The molecule has 1 aliphatic rings. The second-order valence-electron chi connectivity index (χ2n) is 6.12. The Morgan fingerprint density at radius 2 is 2.11 bits per heavy atom. The van der Waals surface area contributed by atoms with Crippen molar-refractivity contribution in [1.82, 2.24) is 9.71 Å². The lowest BCUT2D eigenvalue weighted by atomic mass is 10.2. The van der Waals surface area contributed by atoms with E-state index in [4.69, 9.17) is 0 Å². The molecule has 0 radical (unpaired) electrons. The van der Waals surface area contributed by atoms with Gasteiger partial charge in [-0.3, -0.25) is 4.79 Å². The van der Waals surface area contributed by atoms with Crippen LogP contribution in [0.3, 0.4) is 0 Å². The van der Waals surface area contributed by atoms with E-state index in [1.54, 1.807) is 28.4 Å². The van der Waals surface area contributed by atoms with Crippen LogP contribution in [-0.4, -0.2) is 32.9 Å². The van der Waals surface area contributed by atoms with Gasteiger partial charge in [0.15, 0.2) is 0 Å². The fourth-order valence-corrected chi connectivity index (χ4v) is 5.69. The lowest BCUT2D eigenvalue weighted by molar-refractivity contribution is 0.0992. The summed E-state index contributed by atoms with van der Waals surface area (Å²) in [7, 11) is -2.11. The van der Waals surface area contributed by atoms with Gasteiger partial charge in [0.2, 0.25) is 10.0 Å². The number of amides is 1. The van der Waals surface area contributed by atoms with Crippen LogP contribution < -0.4 is 9.62 Å². The molecule has 0 bridgehead atoms. The number of hydrogen-bond donors (Lipinski definition) is 1. The lowest BCUT2D eigenvalue weighted by Gasteiger charge is -2.17. The molecule has 140 valence electrons. The number of thiophene rings is 1. The maximum absolute atomic E-state index is 13.1. The first-order chi connectivity index (χ1) is 12.9. The van der Waals surface area contributed by atoms with Gasteiger partial charge in [-0.15, -0.1) is 22.7 Å². The van der Waals surface area contributed by atoms with Gasteiger partial charge in [-0.2, -0.15) is 0 Å². The SMILES string of the molecule is CNS(=O)(=O)c1ccc2c(c1)CCN2C(=O)c1sc(-c2cccs2)nc1C. The Hall–Kier alpha value is -2.07. The topological polar surface area (TPSA) is 79.4 Å². The number of carbonyl (C=O) groups is 1. The van der Waals surface area contributed by atoms with Gasteiger partial charge in [-0.25, -0.2) is 18.1 Å². The molecule has 3 heterocycles. The molecule has 3 aromatic rings. The van der Waals surface area contributed by atoms with Crippen molar-refractivity contribution in [1.29, 1.82) is 0 Å². The third kappa shape index (κ3) is 3.20. The molecule has 1 N–H and O–H groups in total. The zero-order valence-electron chi connectivity index (χ0n) is 14.7. The van der Waals surface area contributed by atoms with Crippen LogP contribution in [0.4, 0.5) is 5.69 Å². The third-order valence-corrected chi connectivity index (χ3v) is 8.09. The summed E-state index contributed by atoms with van der Waals surface area (Å²) < 4.78 is 26.3. The summed E-state index contributed by atoms with van der Waals surface area (Å²) in [5.74, 6) is -0.0872. The molecule has 0 saturated heterocycles. The Morgan fingerprint density at radius 1 is 1.30 bits per heavy atom. The number of aromatic nitrogens is 1. The highest BCUT2D eigenvalue weighted by molar-refractivity contribution is 7.89. The van der Waals surface area contributed by atoms with Crippen molar-refractivity contribution in [2.24, 2.45) is 0 Å². The van der Waals surface area contributed by atoms with Crippen molar-refractivity contribution >= 4 is 44.3 Å². The molecule has 1 amide bonds. The highest BCUT2D eigenvalue weighted by Gasteiger charge is 2.29. The maximum Gasteiger partial charge on any atom is 0.270 e. The first-order valence-electron chi connectivity index (χ1n) is 8.30. The molecule has 27 heavy (non-hydrogen) atoms. The molecule has 6 nitrogen and oxygen atoms in total. The molecular weight excluding hydrogens is 402 g/mol. The first-order valence-corrected chi connectivity index (χ1v) is 11.5. The van der Waals surface area contributed by atoms with Gasteiger partial charge in [0, 0.05) is 12.2 Å². The van der Waals surface area contributed by atoms with Crippen LogP contribution in [0.5, 0.6) is 0 Å². The molecule has 0 aliphatic carbocycles. The summed E-state index contributed by atoms with van der Waals surface area (Å²) in [4.78, 5) is 21.3. The number of fused-ring (bicyclic) bond motifs is 1. The summed E-state index contributed by atoms with van der Waals surface area (Å²) in [6.45, 7) is 2.38. The largest absolute Gasteiger partial charge is 0.307 e. The first kappa shape index (κ1) is 18.3. The van der Waals surface area contributed by atoms with Crippen LogP contribution >= 0.6 is 22.7 Å². The zero-order valence-corrected chi connectivity index (χ0v) is 17.2. The van der Waals surface area contributed by atoms with E-state index >= 15 is 0 Å². The van der Waals surface area contributed by atoms with Gasteiger partial charge in [-0.1, -0.05) is 6.07 Å². The number of nitrogens with one attached hydrogen (secondary N) is 1. The third-order valence-electron chi connectivity index (χ3n) is 4.49. The van der Waals surface area contributed by atoms with Crippen LogP contribution in [0, 0.1) is 6.92 Å². The molecule has 1 aromatic carbocycles. The van der Waals surface area contributed by atoms with Crippen molar-refractivity contribution in [2.45, 2.75) is 18.2 Å². The smallest absolute Gasteiger partial charge is 0.270 e. The number of benzene rings is 1. The Labute approximate surface area is 165 Å². The molecule has 9 heteroatoms. The van der Waals surface area contributed by atoms with Crippen molar-refractivity contribution in [3.8, 4) is 9.88 Å². The lowest BCUT2D eigenvalue weighted by Crippen LogP contribution is -2.28. The number of rotatable bonds is 4. The number of sulfonamides is 1. The molecule has 0 saturated carbocycles. The Bertz CT molecular complexity index is 1120. The Balaban J connectivity index is 1.66. The minimum Gasteiger partial charge on any atom is -0.307 e. The molecule has 2 aromatic heterocycles. The van der Waals surface area contributed by atoms with E-state index in [2.05, 4.69) is 9.71 Å². The average molecular weight is 420 g/mol. The maximum atomic E-state index is 13.1. The van der Waals surface area contributed by atoms with Gasteiger partial charge in [0.1, 0.15) is 9.88 Å². The summed E-state index contributed by atoms with van der Waals surface area (Å²) in [5, 5.41) is 2.84. The van der Waals surface area contributed by atoms with Gasteiger partial charge in [-0.05, 0) is 55.6 Å². The molecule has 0 spiro atoms. The standard InChI is InChI=1S/C18H17N3O3S3/c1-11-16(26-17(20-11)15-4-3-9-25-15)18(22)21-8-7-12-10-13(5-6-14(12)21)27(23,24)19-2/h3-6,9-10,19H,7-8H2,1-2H3. The fourth-order valence-electron chi connectivity index (χ4n) is 3.10. The van der Waals surface area contributed by atoms with Crippen molar-refractivity contribution in [3.63, 3.8) is 0 Å². The molecule has 4 rings (SSSR count). The summed E-state index contributed by atoms with van der Waals surface area (Å²) in [6.07, 6.45) is 0.629. The minimum atomic E-state index is -3.50. The van der Waals surface area contributed by atoms with Crippen molar-refractivity contribution in [3.05, 3.63) is 51.8 Å². The highest BCUT2D eigenvalue weighted by Crippen LogP contribution is 2.35. The number of carbonyl (C=O) groups excluding carboxylic acids is 1. The van der Waals surface area contributed by atoms with Gasteiger partial charge < -0.3 is 4.90 Å². The van der Waals surface area contributed by atoms with Crippen LogP contribution in [-0.2, 0) is 16.4 Å². The number of anilines is 1. The van der Waals surface area contributed by atoms with E-state index in [-0.39, 0.29) is 10.8 Å². The van der Waals surface area contributed by atoms with Gasteiger partial charge in [0.25, 0.3) is 5.91 Å². The molecule has 0 fully saturated rings. The minimum absolute atomic E-state index is 0.0872. The molecule has 1 aliphatic heterocycles. The number of thiazole rings is 1. The summed E-state index contributed by atoms with van der Waals surface area (Å²) >= 11 is 3.00. The predicted octanol–water partition coefficient (Wildman–Crippen LogP) is 3.29. The predicted molar refractivity (Wildman–Crippen MR) is 108 cm³/mol. The fraction of sp³-hybridized carbons (Fsp3) is 0.222. The van der Waals surface area contributed by atoms with Crippen molar-refractivity contribution in [2.75, 3.05) is 18.5 Å². The van der Waals surface area contributed by atoms with E-state index in [9.17, 15) is 13.2 Å². The van der Waals surface area contributed by atoms with Crippen LogP contribution in [0.25, 0.3) is 9.88 Å². The quantitative estimate of drug-likeness (QED) is 0.704. The highest BCUT2D eigenvalue weighted by atomic mass is 32.2. The van der Waals surface area contributed by atoms with Gasteiger partial charge in [0.05, 0.1) is 15.5 Å².